The van der Waals surface area contributed by atoms with Gasteiger partial charge in [-0.05, 0) is 43.2 Å². The second-order valence-electron chi connectivity index (χ2n) is 5.44. The molecule has 22 heavy (non-hydrogen) atoms. The zero-order chi connectivity index (χ0) is 15.2. The molecule has 0 aliphatic carbocycles. The molecular weight excluding hydrogens is 300 g/mol. The predicted octanol–water partition coefficient (Wildman–Crippen LogP) is 2.50. The summed E-state index contributed by atoms with van der Waals surface area (Å²) in [7, 11) is -3.49. The molecule has 0 saturated carbocycles. The normalized spacial score (nSPS) is 22.0. The Bertz CT molecular complexity index is 805. The molecule has 1 radical (unpaired) electrons. The number of hydrogen-bond acceptors (Lipinski definition) is 4. The number of nitrogens with one attached hydrogen (secondary N) is 1. The third-order valence-electron chi connectivity index (χ3n) is 3.99. The van der Waals surface area contributed by atoms with Crippen LogP contribution in [0, 0.1) is 6.07 Å². The van der Waals surface area contributed by atoms with Crippen molar-refractivity contribution >= 4 is 15.7 Å². The van der Waals surface area contributed by atoms with Crippen molar-refractivity contribution < 1.29 is 13.2 Å². The Morgan fingerprint density at radius 1 is 1.27 bits per heavy atom. The fourth-order valence-corrected chi connectivity index (χ4v) is 4.47. The fraction of sp³-hybridized carbons (Fsp3) is 0.250. The molecule has 0 bridgehead atoms. The molecule has 6 heteroatoms. The molecule has 5 nitrogen and oxygen atoms in total. The van der Waals surface area contributed by atoms with Gasteiger partial charge in [-0.2, -0.15) is 4.72 Å². The summed E-state index contributed by atoms with van der Waals surface area (Å²) in [6.07, 6.45) is 1.72. The van der Waals surface area contributed by atoms with Gasteiger partial charge in [0.15, 0.2) is 0 Å². The number of ether oxygens (including phenoxy) is 1. The first kappa shape index (κ1) is 13.6. The van der Waals surface area contributed by atoms with Gasteiger partial charge in [0.2, 0.25) is 10.0 Å². The highest BCUT2D eigenvalue weighted by atomic mass is 32.2. The third kappa shape index (κ3) is 2.24. The van der Waals surface area contributed by atoms with Crippen LogP contribution in [-0.2, 0) is 10.0 Å². The molecule has 1 saturated heterocycles. The largest absolute Gasteiger partial charge is 0.457 e. The van der Waals surface area contributed by atoms with Gasteiger partial charge in [-0.15, -0.1) is 0 Å². The average Bonchev–Trinajstić information content (AvgIpc) is 2.96. The van der Waals surface area contributed by atoms with Crippen LogP contribution in [0.2, 0.25) is 0 Å². The molecule has 4 rings (SSSR count). The van der Waals surface area contributed by atoms with E-state index in [0.29, 0.717) is 11.5 Å². The van der Waals surface area contributed by atoms with Crippen molar-refractivity contribution in [3.05, 3.63) is 48.5 Å². The van der Waals surface area contributed by atoms with Crippen molar-refractivity contribution in [3.8, 4) is 11.5 Å². The lowest BCUT2D eigenvalue weighted by molar-refractivity contribution is 0.479. The summed E-state index contributed by atoms with van der Waals surface area (Å²) < 4.78 is 33.3. The highest BCUT2D eigenvalue weighted by molar-refractivity contribution is 7.89. The van der Waals surface area contributed by atoms with Gasteiger partial charge in [-0.3, -0.25) is 0 Å². The summed E-state index contributed by atoms with van der Waals surface area (Å²) in [6, 6.07) is 15.3. The summed E-state index contributed by atoms with van der Waals surface area (Å²) in [5, 5.41) is 0. The zero-order valence-corrected chi connectivity index (χ0v) is 12.6. The van der Waals surface area contributed by atoms with E-state index in [9.17, 15) is 8.42 Å². The molecular formula is C16H15N2O3S. The number of anilines is 1. The van der Waals surface area contributed by atoms with Gasteiger partial charge in [-0.1, -0.05) is 12.1 Å². The van der Waals surface area contributed by atoms with Crippen LogP contribution in [0.15, 0.2) is 47.4 Å². The number of fused-ring (bicyclic) bond motifs is 3. The second kappa shape index (κ2) is 5.00. The minimum atomic E-state index is -3.49. The predicted molar refractivity (Wildman–Crippen MR) is 82.5 cm³/mol. The molecule has 1 N–H and O–H groups in total. The van der Waals surface area contributed by atoms with E-state index >= 15 is 0 Å². The first-order valence-electron chi connectivity index (χ1n) is 7.20. The zero-order valence-electron chi connectivity index (χ0n) is 11.8. The van der Waals surface area contributed by atoms with E-state index in [1.807, 2.05) is 18.2 Å². The van der Waals surface area contributed by atoms with Gasteiger partial charge >= 0.3 is 0 Å². The van der Waals surface area contributed by atoms with Gasteiger partial charge in [0, 0.05) is 12.6 Å². The Morgan fingerprint density at radius 2 is 2.18 bits per heavy atom. The van der Waals surface area contributed by atoms with E-state index in [4.69, 9.17) is 4.74 Å². The summed E-state index contributed by atoms with van der Waals surface area (Å²) in [5.41, 5.74) is 0.758. The van der Waals surface area contributed by atoms with Crippen LogP contribution in [0.1, 0.15) is 12.8 Å². The summed E-state index contributed by atoms with van der Waals surface area (Å²) in [4.78, 5) is 2.39. The maximum absolute atomic E-state index is 12.4. The summed E-state index contributed by atoms with van der Waals surface area (Å²) >= 11 is 0. The van der Waals surface area contributed by atoms with Crippen molar-refractivity contribution in [1.82, 2.24) is 4.72 Å². The first-order valence-corrected chi connectivity index (χ1v) is 8.69. The fourth-order valence-electron chi connectivity index (χ4n) is 3.01. The number of nitrogens with zero attached hydrogens (tertiary/aromatic N) is 1. The standard InChI is InChI=1S/C16H15N2O3S/c19-22(20)15-11-13(21-12-5-2-1-3-6-12)8-9-14(15)18-10-4-7-16(18)17-22/h1-2,5-6,8-9,11,16-17H,4,7,10H2. The van der Waals surface area contributed by atoms with E-state index in [-0.39, 0.29) is 11.1 Å². The molecule has 0 aromatic heterocycles. The maximum atomic E-state index is 12.4. The average molecular weight is 315 g/mol. The van der Waals surface area contributed by atoms with E-state index in [1.54, 1.807) is 24.3 Å². The van der Waals surface area contributed by atoms with Gasteiger partial charge in [0.05, 0.1) is 11.9 Å². The summed E-state index contributed by atoms with van der Waals surface area (Å²) in [5.74, 6) is 1.13. The van der Waals surface area contributed by atoms with E-state index in [0.717, 1.165) is 25.1 Å². The van der Waals surface area contributed by atoms with E-state index in [2.05, 4.69) is 15.7 Å². The van der Waals surface area contributed by atoms with Gasteiger partial charge in [0.1, 0.15) is 16.4 Å². The topological polar surface area (TPSA) is 58.6 Å². The molecule has 0 spiro atoms. The Morgan fingerprint density at radius 3 is 3.00 bits per heavy atom. The lowest BCUT2D eigenvalue weighted by Gasteiger charge is -2.33. The molecule has 113 valence electrons. The molecule has 2 aliphatic rings. The van der Waals surface area contributed by atoms with Crippen LogP contribution >= 0.6 is 0 Å². The maximum Gasteiger partial charge on any atom is 0.244 e. The SMILES string of the molecule is O=S1(=O)NC2CCCN2c2ccc(Oc3c[c]ccc3)cc21. The quantitative estimate of drug-likeness (QED) is 0.925. The second-order valence-corrected chi connectivity index (χ2v) is 7.13. The lowest BCUT2D eigenvalue weighted by atomic mass is 10.2. The molecule has 2 aromatic carbocycles. The van der Waals surface area contributed by atoms with Crippen LogP contribution in [0.3, 0.4) is 0 Å². The number of benzene rings is 2. The first-order chi connectivity index (χ1) is 10.6. The molecule has 2 heterocycles. The van der Waals surface area contributed by atoms with Crippen molar-refractivity contribution in [1.29, 1.82) is 0 Å². The Balaban J connectivity index is 1.74. The van der Waals surface area contributed by atoms with Crippen LogP contribution < -0.4 is 14.4 Å². The molecule has 1 unspecified atom stereocenters. The van der Waals surface area contributed by atoms with Crippen molar-refractivity contribution in [2.24, 2.45) is 0 Å². The number of hydrogen-bond donors (Lipinski definition) is 1. The van der Waals surface area contributed by atoms with Gasteiger partial charge in [-0.25, -0.2) is 8.42 Å². The molecule has 1 fully saturated rings. The van der Waals surface area contributed by atoms with E-state index in [1.165, 1.54) is 0 Å². The minimum absolute atomic E-state index is 0.118. The molecule has 1 atom stereocenters. The Hall–Kier alpha value is -2.05. The lowest BCUT2D eigenvalue weighted by Crippen LogP contribution is -2.48. The van der Waals surface area contributed by atoms with Crippen LogP contribution in [0.25, 0.3) is 0 Å². The molecule has 2 aliphatic heterocycles. The van der Waals surface area contributed by atoms with Crippen molar-refractivity contribution in [2.45, 2.75) is 23.9 Å². The van der Waals surface area contributed by atoms with Crippen LogP contribution in [0.5, 0.6) is 11.5 Å². The number of rotatable bonds is 2. The van der Waals surface area contributed by atoms with Crippen LogP contribution in [-0.4, -0.2) is 21.1 Å². The minimum Gasteiger partial charge on any atom is -0.457 e. The molecule has 2 aromatic rings. The van der Waals surface area contributed by atoms with Gasteiger partial charge < -0.3 is 9.64 Å². The highest BCUT2D eigenvalue weighted by Gasteiger charge is 2.37. The Kier molecular flexibility index (Phi) is 3.09. The van der Waals surface area contributed by atoms with Crippen LogP contribution in [0.4, 0.5) is 5.69 Å². The Labute approximate surface area is 129 Å². The third-order valence-corrected chi connectivity index (χ3v) is 5.48. The van der Waals surface area contributed by atoms with E-state index < -0.39 is 10.0 Å². The molecule has 0 amide bonds. The smallest absolute Gasteiger partial charge is 0.244 e. The van der Waals surface area contributed by atoms with Gasteiger partial charge in [0.25, 0.3) is 0 Å². The van der Waals surface area contributed by atoms with Crippen molar-refractivity contribution in [3.63, 3.8) is 0 Å². The highest BCUT2D eigenvalue weighted by Crippen LogP contribution is 2.38. The number of sulfonamides is 1. The monoisotopic (exact) mass is 315 g/mol. The van der Waals surface area contributed by atoms with Crippen molar-refractivity contribution in [2.75, 3.05) is 11.4 Å². The summed E-state index contributed by atoms with van der Waals surface area (Å²) in [6.45, 7) is 0.869.